The molecule has 0 radical (unpaired) electrons. The van der Waals surface area contributed by atoms with Crippen LogP contribution < -0.4 is 10.1 Å². The summed E-state index contributed by atoms with van der Waals surface area (Å²) in [6.45, 7) is 0.211. The number of carbonyl (C=O) groups is 1. The number of carbonyl (C=O) groups excluding carboxylic acids is 1. The van der Waals surface area contributed by atoms with Gasteiger partial charge in [-0.05, 0) is 35.9 Å². The molecular weight excluding hydrogens is 417 g/mol. The molecule has 0 bridgehead atoms. The van der Waals surface area contributed by atoms with Gasteiger partial charge in [0.1, 0.15) is 11.6 Å². The highest BCUT2D eigenvalue weighted by Gasteiger charge is 2.14. The van der Waals surface area contributed by atoms with Crippen LogP contribution in [0.1, 0.15) is 11.3 Å². The first-order chi connectivity index (χ1) is 14.0. The van der Waals surface area contributed by atoms with E-state index >= 15 is 0 Å². The second-order valence-corrected chi connectivity index (χ2v) is 7.46. The number of aliphatic hydroxyl groups excluding tert-OH is 1. The van der Waals surface area contributed by atoms with Gasteiger partial charge in [0.05, 0.1) is 37.0 Å². The lowest BCUT2D eigenvalue weighted by molar-refractivity contribution is -0.113. The van der Waals surface area contributed by atoms with E-state index < -0.39 is 0 Å². The summed E-state index contributed by atoms with van der Waals surface area (Å²) in [4.78, 5) is 16.7. The summed E-state index contributed by atoms with van der Waals surface area (Å²) in [7, 11) is 1.51. The van der Waals surface area contributed by atoms with Crippen LogP contribution in [0.15, 0.2) is 53.8 Å². The number of thioether (sulfide) groups is 1. The maximum atomic E-state index is 13.1. The van der Waals surface area contributed by atoms with Crippen molar-refractivity contribution >= 4 is 35.0 Å². The number of aliphatic hydroxyl groups is 1. The molecule has 0 aliphatic heterocycles. The van der Waals surface area contributed by atoms with Crippen molar-refractivity contribution in [3.63, 3.8) is 0 Å². The average Bonchev–Trinajstić information content (AvgIpc) is 3.10. The molecule has 9 heteroatoms. The van der Waals surface area contributed by atoms with Crippen LogP contribution >= 0.6 is 23.4 Å². The van der Waals surface area contributed by atoms with Crippen molar-refractivity contribution in [2.45, 2.75) is 18.3 Å². The number of anilines is 1. The minimum atomic E-state index is -0.315. The van der Waals surface area contributed by atoms with Crippen molar-refractivity contribution in [2.24, 2.45) is 0 Å². The quantitative estimate of drug-likeness (QED) is 0.524. The third kappa shape index (κ3) is 5.50. The number of amides is 1. The summed E-state index contributed by atoms with van der Waals surface area (Å²) in [5, 5.41) is 13.4. The molecule has 29 heavy (non-hydrogen) atoms. The number of nitrogens with zero attached hydrogens (tertiary/aromatic N) is 2. The van der Waals surface area contributed by atoms with Crippen molar-refractivity contribution in [2.75, 3.05) is 18.2 Å². The normalized spacial score (nSPS) is 10.8. The minimum Gasteiger partial charge on any atom is -0.495 e. The van der Waals surface area contributed by atoms with E-state index in [0.717, 1.165) is 5.56 Å². The van der Waals surface area contributed by atoms with Crippen molar-refractivity contribution in [3.8, 4) is 5.75 Å². The zero-order chi connectivity index (χ0) is 20.8. The molecule has 2 aromatic carbocycles. The molecular formula is C20H19ClFN3O3S. The van der Waals surface area contributed by atoms with E-state index in [-0.39, 0.29) is 24.1 Å². The number of imidazole rings is 1. The van der Waals surface area contributed by atoms with E-state index in [1.165, 1.54) is 31.0 Å². The fourth-order valence-electron chi connectivity index (χ4n) is 2.67. The lowest BCUT2D eigenvalue weighted by Gasteiger charge is -2.12. The summed E-state index contributed by atoms with van der Waals surface area (Å²) in [5.74, 6) is 0.0380. The lowest BCUT2D eigenvalue weighted by atomic mass is 10.2. The van der Waals surface area contributed by atoms with Crippen molar-refractivity contribution in [1.82, 2.24) is 9.55 Å². The van der Waals surface area contributed by atoms with Crippen LogP contribution in [-0.2, 0) is 17.9 Å². The lowest BCUT2D eigenvalue weighted by Crippen LogP contribution is -2.15. The molecule has 0 saturated carbocycles. The van der Waals surface area contributed by atoms with Gasteiger partial charge in [-0.1, -0.05) is 35.5 Å². The molecule has 0 aliphatic carbocycles. The molecule has 0 atom stereocenters. The van der Waals surface area contributed by atoms with Gasteiger partial charge >= 0.3 is 0 Å². The number of hydrogen-bond donors (Lipinski definition) is 2. The Morgan fingerprint density at radius 2 is 2.07 bits per heavy atom. The Morgan fingerprint density at radius 3 is 2.76 bits per heavy atom. The van der Waals surface area contributed by atoms with Gasteiger partial charge < -0.3 is 19.7 Å². The number of benzene rings is 2. The van der Waals surface area contributed by atoms with Crippen LogP contribution in [0.3, 0.4) is 0 Å². The Morgan fingerprint density at radius 1 is 1.31 bits per heavy atom. The fourth-order valence-corrected chi connectivity index (χ4v) is 3.64. The number of hydrogen-bond acceptors (Lipinski definition) is 5. The summed E-state index contributed by atoms with van der Waals surface area (Å²) in [6, 6.07) is 11.1. The van der Waals surface area contributed by atoms with Gasteiger partial charge in [-0.25, -0.2) is 9.37 Å². The number of rotatable bonds is 8. The van der Waals surface area contributed by atoms with Crippen LogP contribution in [0.4, 0.5) is 10.1 Å². The first kappa shape index (κ1) is 21.2. The predicted octanol–water partition coefficient (Wildman–Crippen LogP) is 3.96. The van der Waals surface area contributed by atoms with Crippen molar-refractivity contribution in [1.29, 1.82) is 0 Å². The molecule has 2 N–H and O–H groups in total. The zero-order valence-corrected chi connectivity index (χ0v) is 17.1. The Kier molecular flexibility index (Phi) is 7.13. The van der Waals surface area contributed by atoms with E-state index in [1.807, 2.05) is 0 Å². The van der Waals surface area contributed by atoms with Gasteiger partial charge in [-0.3, -0.25) is 4.79 Å². The third-order valence-corrected chi connectivity index (χ3v) is 5.31. The molecule has 3 rings (SSSR count). The van der Waals surface area contributed by atoms with E-state index in [0.29, 0.717) is 33.9 Å². The summed E-state index contributed by atoms with van der Waals surface area (Å²) < 4.78 is 20.2. The first-order valence-electron chi connectivity index (χ1n) is 8.66. The second-order valence-electron chi connectivity index (χ2n) is 6.08. The molecule has 152 valence electrons. The van der Waals surface area contributed by atoms with Crippen LogP contribution in [0, 0.1) is 5.82 Å². The van der Waals surface area contributed by atoms with Crippen LogP contribution in [-0.4, -0.2) is 33.4 Å². The van der Waals surface area contributed by atoms with Gasteiger partial charge in [0.25, 0.3) is 0 Å². The van der Waals surface area contributed by atoms with Gasteiger partial charge in [-0.15, -0.1) is 0 Å². The highest BCUT2D eigenvalue weighted by molar-refractivity contribution is 7.99. The molecule has 6 nitrogen and oxygen atoms in total. The van der Waals surface area contributed by atoms with E-state index in [9.17, 15) is 14.3 Å². The maximum Gasteiger partial charge on any atom is 0.234 e. The van der Waals surface area contributed by atoms with Crippen LogP contribution in [0.25, 0.3) is 0 Å². The van der Waals surface area contributed by atoms with Gasteiger partial charge in [0, 0.05) is 11.6 Å². The molecule has 1 aromatic heterocycles. The SMILES string of the molecule is COc1ccc(Cl)cc1NC(=O)CSc1ncc(CO)n1Cc1ccc(F)cc1. The van der Waals surface area contributed by atoms with Crippen LogP contribution in [0.5, 0.6) is 5.75 Å². The number of aromatic nitrogens is 2. The standard InChI is InChI=1S/C20H19ClFN3O3S/c1-28-18-7-4-14(21)8-17(18)24-19(27)12-29-20-23-9-16(11-26)25(20)10-13-2-5-15(22)6-3-13/h2-9,26H,10-12H2,1H3,(H,24,27). The monoisotopic (exact) mass is 435 g/mol. The maximum absolute atomic E-state index is 13.1. The minimum absolute atomic E-state index is 0.0982. The smallest absolute Gasteiger partial charge is 0.234 e. The molecule has 3 aromatic rings. The average molecular weight is 436 g/mol. The molecule has 0 saturated heterocycles. The highest BCUT2D eigenvalue weighted by Crippen LogP contribution is 2.28. The number of nitrogens with one attached hydrogen (secondary N) is 1. The highest BCUT2D eigenvalue weighted by atomic mass is 35.5. The second kappa shape index (κ2) is 9.78. The molecule has 0 unspecified atom stereocenters. The number of halogens is 2. The molecule has 1 heterocycles. The Balaban J connectivity index is 1.69. The van der Waals surface area contributed by atoms with Crippen LogP contribution in [0.2, 0.25) is 5.02 Å². The summed E-state index contributed by atoms with van der Waals surface area (Å²) in [5.41, 5.74) is 1.94. The largest absolute Gasteiger partial charge is 0.495 e. The van der Waals surface area contributed by atoms with Crippen molar-refractivity contribution in [3.05, 3.63) is 70.8 Å². The Hall–Kier alpha value is -2.55. The van der Waals surface area contributed by atoms with E-state index in [1.54, 1.807) is 41.1 Å². The van der Waals surface area contributed by atoms with Crippen molar-refractivity contribution < 1.29 is 19.0 Å². The molecule has 0 fully saturated rings. The third-order valence-electron chi connectivity index (χ3n) is 4.09. The predicted molar refractivity (Wildman–Crippen MR) is 111 cm³/mol. The first-order valence-corrected chi connectivity index (χ1v) is 10.0. The topological polar surface area (TPSA) is 76.4 Å². The zero-order valence-electron chi connectivity index (χ0n) is 15.6. The number of ether oxygens (including phenoxy) is 1. The molecule has 0 aliphatic rings. The fraction of sp³-hybridized carbons (Fsp3) is 0.200. The summed E-state index contributed by atoms with van der Waals surface area (Å²) >= 11 is 7.22. The van der Waals surface area contributed by atoms with E-state index in [4.69, 9.17) is 16.3 Å². The van der Waals surface area contributed by atoms with Gasteiger partial charge in [0.15, 0.2) is 5.16 Å². The van der Waals surface area contributed by atoms with Gasteiger partial charge in [-0.2, -0.15) is 0 Å². The summed E-state index contributed by atoms with van der Waals surface area (Å²) in [6.07, 6.45) is 1.56. The number of methoxy groups -OCH3 is 1. The van der Waals surface area contributed by atoms with Gasteiger partial charge in [0.2, 0.25) is 5.91 Å². The Bertz CT molecular complexity index is 995. The van der Waals surface area contributed by atoms with E-state index in [2.05, 4.69) is 10.3 Å². The molecule has 1 amide bonds. The molecule has 0 spiro atoms. The Labute approximate surface area is 176 Å².